The first kappa shape index (κ1) is 12.3. The molecule has 0 amide bonds. The van der Waals surface area contributed by atoms with Crippen LogP contribution in [-0.2, 0) is 4.74 Å². The molecule has 0 spiro atoms. The topological polar surface area (TPSA) is 56.5 Å². The lowest BCUT2D eigenvalue weighted by atomic mass is 10.2. The molecule has 0 aliphatic rings. The number of carbonyl (C=O) groups is 1. The van der Waals surface area contributed by atoms with Crippen molar-refractivity contribution in [2.24, 2.45) is 0 Å². The lowest BCUT2D eigenvalue weighted by molar-refractivity contribution is 0.0510. The van der Waals surface area contributed by atoms with Crippen LogP contribution >= 0.6 is 0 Å². The molecule has 2 rings (SSSR count). The molecule has 0 bridgehead atoms. The summed E-state index contributed by atoms with van der Waals surface area (Å²) < 4.78 is 6.77. The highest BCUT2D eigenvalue weighted by atomic mass is 16.5. The van der Waals surface area contributed by atoms with Crippen molar-refractivity contribution >= 4 is 11.6 Å². The molecule has 0 saturated carbocycles. The predicted octanol–water partition coefficient (Wildman–Crippen LogP) is 2.16. The van der Waals surface area contributed by atoms with Crippen LogP contribution in [0.2, 0.25) is 0 Å². The second kappa shape index (κ2) is 5.00. The number of fused-ring (bicyclic) bond motifs is 1. The minimum Gasteiger partial charge on any atom is -0.462 e. The van der Waals surface area contributed by atoms with Crippen molar-refractivity contribution in [2.75, 3.05) is 6.61 Å². The van der Waals surface area contributed by atoms with Crippen LogP contribution in [0.3, 0.4) is 0 Å². The third kappa shape index (κ3) is 2.40. The van der Waals surface area contributed by atoms with E-state index in [9.17, 15) is 4.79 Å². The average Bonchev–Trinajstić information content (AvgIpc) is 2.64. The summed E-state index contributed by atoms with van der Waals surface area (Å²) in [5, 5.41) is 4.21. The summed E-state index contributed by atoms with van der Waals surface area (Å²) in [6.07, 6.45) is 4.04. The summed E-state index contributed by atoms with van der Waals surface area (Å²) in [5.41, 5.74) is 2.55. The fourth-order valence-electron chi connectivity index (χ4n) is 1.63. The van der Waals surface area contributed by atoms with Gasteiger partial charge >= 0.3 is 5.97 Å². The number of ether oxygens (including phenoxy) is 1. The van der Waals surface area contributed by atoms with Crippen molar-refractivity contribution < 1.29 is 9.53 Å². The standard InChI is InChI=1S/C13H15N3O2/c1-9(2)5-8-18-13(17)11-10(3)15-16-7-4-6-14-12(11)16/h4,6-7H,1,5,8H2,2-3H3. The van der Waals surface area contributed by atoms with Crippen molar-refractivity contribution in [1.82, 2.24) is 14.6 Å². The molecule has 5 heteroatoms. The van der Waals surface area contributed by atoms with Crippen LogP contribution < -0.4 is 0 Å². The smallest absolute Gasteiger partial charge is 0.343 e. The Kier molecular flexibility index (Phi) is 3.41. The van der Waals surface area contributed by atoms with Crippen molar-refractivity contribution in [2.45, 2.75) is 20.3 Å². The summed E-state index contributed by atoms with van der Waals surface area (Å²) in [6.45, 7) is 7.76. The minimum absolute atomic E-state index is 0.331. The Morgan fingerprint density at radius 2 is 2.33 bits per heavy atom. The van der Waals surface area contributed by atoms with E-state index in [0.717, 1.165) is 5.57 Å². The maximum absolute atomic E-state index is 12.0. The summed E-state index contributed by atoms with van der Waals surface area (Å²) in [5.74, 6) is -0.387. The van der Waals surface area contributed by atoms with E-state index in [-0.39, 0.29) is 5.97 Å². The van der Waals surface area contributed by atoms with Crippen molar-refractivity contribution in [3.05, 3.63) is 41.9 Å². The van der Waals surface area contributed by atoms with Crippen molar-refractivity contribution in [3.63, 3.8) is 0 Å². The molecule has 0 aliphatic carbocycles. The van der Waals surface area contributed by atoms with E-state index >= 15 is 0 Å². The Labute approximate surface area is 105 Å². The first-order chi connectivity index (χ1) is 8.59. The summed E-state index contributed by atoms with van der Waals surface area (Å²) in [4.78, 5) is 16.1. The van der Waals surface area contributed by atoms with E-state index in [1.165, 1.54) is 0 Å². The fraction of sp³-hybridized carbons (Fsp3) is 0.308. The van der Waals surface area contributed by atoms with Gasteiger partial charge in [0.2, 0.25) is 0 Å². The Morgan fingerprint density at radius 1 is 1.56 bits per heavy atom. The van der Waals surface area contributed by atoms with Crippen LogP contribution in [0.4, 0.5) is 0 Å². The minimum atomic E-state index is -0.387. The predicted molar refractivity (Wildman–Crippen MR) is 67.4 cm³/mol. The van der Waals surface area contributed by atoms with Gasteiger partial charge in [-0.15, -0.1) is 6.58 Å². The second-order valence-electron chi connectivity index (χ2n) is 4.19. The normalized spacial score (nSPS) is 10.6. The van der Waals surface area contributed by atoms with Gasteiger partial charge in [0.15, 0.2) is 5.65 Å². The second-order valence-corrected chi connectivity index (χ2v) is 4.19. The van der Waals surface area contributed by atoms with Crippen LogP contribution in [-0.4, -0.2) is 27.2 Å². The number of hydrogen-bond acceptors (Lipinski definition) is 4. The molecule has 0 unspecified atom stereocenters. The molecule has 2 aromatic rings. The number of carbonyl (C=O) groups excluding carboxylic acids is 1. The van der Waals surface area contributed by atoms with Gasteiger partial charge in [0.1, 0.15) is 5.56 Å². The zero-order chi connectivity index (χ0) is 13.1. The van der Waals surface area contributed by atoms with Gasteiger partial charge in [0.25, 0.3) is 0 Å². The highest BCUT2D eigenvalue weighted by Gasteiger charge is 2.19. The largest absolute Gasteiger partial charge is 0.462 e. The molecule has 2 heterocycles. The molecule has 0 aromatic carbocycles. The van der Waals surface area contributed by atoms with E-state index in [1.807, 2.05) is 6.92 Å². The molecular weight excluding hydrogens is 230 g/mol. The fourth-order valence-corrected chi connectivity index (χ4v) is 1.63. The van der Waals surface area contributed by atoms with Gasteiger partial charge in [-0.25, -0.2) is 14.3 Å². The molecule has 94 valence electrons. The zero-order valence-electron chi connectivity index (χ0n) is 10.5. The average molecular weight is 245 g/mol. The van der Waals surface area contributed by atoms with Crippen LogP contribution in [0.15, 0.2) is 30.6 Å². The van der Waals surface area contributed by atoms with Crippen molar-refractivity contribution in [3.8, 4) is 0 Å². The molecule has 0 aliphatic heterocycles. The molecule has 0 radical (unpaired) electrons. The molecule has 18 heavy (non-hydrogen) atoms. The van der Waals surface area contributed by atoms with Crippen LogP contribution in [0.1, 0.15) is 29.4 Å². The molecule has 0 saturated heterocycles. The SMILES string of the molecule is C=C(C)CCOC(=O)c1c(C)nn2cccnc12. The molecule has 2 aromatic heterocycles. The van der Waals surface area contributed by atoms with Crippen LogP contribution in [0, 0.1) is 6.92 Å². The Bertz CT molecular complexity index is 601. The van der Waals surface area contributed by atoms with Crippen LogP contribution in [0.5, 0.6) is 0 Å². The Hall–Kier alpha value is -2.17. The maximum Gasteiger partial charge on any atom is 0.343 e. The van der Waals surface area contributed by atoms with Gasteiger partial charge in [-0.3, -0.25) is 0 Å². The van der Waals surface area contributed by atoms with E-state index in [1.54, 1.807) is 29.9 Å². The summed E-state index contributed by atoms with van der Waals surface area (Å²) in [6, 6.07) is 1.76. The third-order valence-corrected chi connectivity index (χ3v) is 2.54. The molecule has 5 nitrogen and oxygen atoms in total. The highest BCUT2D eigenvalue weighted by molar-refractivity contribution is 5.97. The van der Waals surface area contributed by atoms with Gasteiger partial charge in [-0.1, -0.05) is 5.57 Å². The van der Waals surface area contributed by atoms with E-state index in [0.29, 0.717) is 29.9 Å². The van der Waals surface area contributed by atoms with Gasteiger partial charge in [0.05, 0.1) is 12.3 Å². The van der Waals surface area contributed by atoms with Crippen molar-refractivity contribution in [1.29, 1.82) is 0 Å². The van der Waals surface area contributed by atoms with E-state index in [4.69, 9.17) is 4.74 Å². The monoisotopic (exact) mass is 245 g/mol. The lowest BCUT2D eigenvalue weighted by Gasteiger charge is -2.03. The Morgan fingerprint density at radius 3 is 3.06 bits per heavy atom. The van der Waals surface area contributed by atoms with Gasteiger partial charge in [-0.05, 0) is 19.9 Å². The van der Waals surface area contributed by atoms with E-state index in [2.05, 4.69) is 16.7 Å². The zero-order valence-corrected chi connectivity index (χ0v) is 10.5. The Balaban J connectivity index is 2.22. The summed E-state index contributed by atoms with van der Waals surface area (Å²) >= 11 is 0. The summed E-state index contributed by atoms with van der Waals surface area (Å²) in [7, 11) is 0. The van der Waals surface area contributed by atoms with E-state index < -0.39 is 0 Å². The number of hydrogen-bond donors (Lipinski definition) is 0. The number of aryl methyl sites for hydroxylation is 1. The highest BCUT2D eigenvalue weighted by Crippen LogP contribution is 2.14. The first-order valence-electron chi connectivity index (χ1n) is 5.71. The number of aromatic nitrogens is 3. The molecular formula is C13H15N3O2. The molecule has 0 atom stereocenters. The third-order valence-electron chi connectivity index (χ3n) is 2.54. The van der Waals surface area contributed by atoms with Crippen LogP contribution in [0.25, 0.3) is 5.65 Å². The quantitative estimate of drug-likeness (QED) is 0.612. The van der Waals surface area contributed by atoms with Gasteiger partial charge in [0, 0.05) is 18.8 Å². The maximum atomic E-state index is 12.0. The lowest BCUT2D eigenvalue weighted by Crippen LogP contribution is -2.08. The number of rotatable bonds is 4. The molecule has 0 fully saturated rings. The first-order valence-corrected chi connectivity index (χ1v) is 5.71. The number of esters is 1. The number of nitrogens with zero attached hydrogens (tertiary/aromatic N) is 3. The van der Waals surface area contributed by atoms with Gasteiger partial charge in [-0.2, -0.15) is 5.10 Å². The van der Waals surface area contributed by atoms with Gasteiger partial charge < -0.3 is 4.74 Å². The molecule has 0 N–H and O–H groups in total.